The number of rotatable bonds is 5. The van der Waals surface area contributed by atoms with E-state index in [0.29, 0.717) is 5.13 Å². The molecule has 0 fully saturated rings. The van der Waals surface area contributed by atoms with Crippen LogP contribution < -0.4 is 10.6 Å². The molecular weight excluding hydrogens is 266 g/mol. The second-order valence-electron chi connectivity index (χ2n) is 3.98. The maximum Gasteiger partial charge on any atom is 0.320 e. The molecule has 0 aliphatic rings. The van der Waals surface area contributed by atoms with Crippen LogP contribution in [-0.4, -0.2) is 34.6 Å². The molecular formula is C12H13N3O3S. The maximum absolute atomic E-state index is 11.6. The summed E-state index contributed by atoms with van der Waals surface area (Å²) in [5.41, 5.74) is 0.828. The van der Waals surface area contributed by atoms with Gasteiger partial charge in [0.1, 0.15) is 6.04 Å². The first-order valence-corrected chi connectivity index (χ1v) is 6.49. The molecule has 100 valence electrons. The summed E-state index contributed by atoms with van der Waals surface area (Å²) in [4.78, 5) is 26.5. The Labute approximate surface area is 113 Å². The van der Waals surface area contributed by atoms with Gasteiger partial charge in [-0.05, 0) is 19.1 Å². The number of carboxylic acids is 1. The highest BCUT2D eigenvalue weighted by Gasteiger charge is 2.12. The highest BCUT2D eigenvalue weighted by molar-refractivity contribution is 7.22. The molecule has 19 heavy (non-hydrogen) atoms. The second kappa shape index (κ2) is 5.77. The van der Waals surface area contributed by atoms with Gasteiger partial charge in [0.05, 0.1) is 16.8 Å². The number of nitrogens with zero attached hydrogens (tertiary/aromatic N) is 1. The summed E-state index contributed by atoms with van der Waals surface area (Å²) in [7, 11) is 0. The molecule has 0 aliphatic heterocycles. The van der Waals surface area contributed by atoms with Gasteiger partial charge in [-0.1, -0.05) is 23.5 Å². The number of aliphatic carboxylic acids is 1. The van der Waals surface area contributed by atoms with Gasteiger partial charge in [0.2, 0.25) is 5.91 Å². The van der Waals surface area contributed by atoms with E-state index in [2.05, 4.69) is 15.6 Å². The molecule has 0 saturated carbocycles. The highest BCUT2D eigenvalue weighted by Crippen LogP contribution is 2.25. The van der Waals surface area contributed by atoms with Crippen molar-refractivity contribution in [1.29, 1.82) is 0 Å². The van der Waals surface area contributed by atoms with Crippen LogP contribution >= 0.6 is 11.3 Å². The van der Waals surface area contributed by atoms with Gasteiger partial charge >= 0.3 is 5.97 Å². The minimum absolute atomic E-state index is 0.0661. The van der Waals surface area contributed by atoms with E-state index in [1.807, 2.05) is 24.3 Å². The summed E-state index contributed by atoms with van der Waals surface area (Å²) in [6.45, 7) is 1.41. The molecule has 2 aromatic rings. The third-order valence-corrected chi connectivity index (χ3v) is 3.43. The number of fused-ring (bicyclic) bond motifs is 1. The summed E-state index contributed by atoms with van der Waals surface area (Å²) >= 11 is 1.38. The van der Waals surface area contributed by atoms with Crippen molar-refractivity contribution < 1.29 is 14.7 Å². The van der Waals surface area contributed by atoms with Crippen molar-refractivity contribution in [2.75, 3.05) is 11.9 Å². The van der Waals surface area contributed by atoms with Gasteiger partial charge in [0.25, 0.3) is 0 Å². The Kier molecular flexibility index (Phi) is 4.08. The van der Waals surface area contributed by atoms with Crippen LogP contribution in [0.15, 0.2) is 24.3 Å². The van der Waals surface area contributed by atoms with E-state index in [1.54, 1.807) is 0 Å². The number of nitrogens with one attached hydrogen (secondary N) is 2. The molecule has 3 N–H and O–H groups in total. The fourth-order valence-corrected chi connectivity index (χ4v) is 2.30. The molecule has 0 radical (unpaired) electrons. The molecule has 6 nitrogen and oxygen atoms in total. The summed E-state index contributed by atoms with van der Waals surface area (Å²) < 4.78 is 0.990. The summed E-state index contributed by atoms with van der Waals surface area (Å²) in [5.74, 6) is -1.31. The average Bonchev–Trinajstić information content (AvgIpc) is 2.77. The SMILES string of the molecule is C[C@@H](NCC(=O)Nc1nc2ccccc2s1)C(=O)O. The average molecular weight is 279 g/mol. The van der Waals surface area contributed by atoms with Crippen LogP contribution in [-0.2, 0) is 9.59 Å². The van der Waals surface area contributed by atoms with Crippen molar-refractivity contribution >= 4 is 38.6 Å². The van der Waals surface area contributed by atoms with E-state index in [-0.39, 0.29) is 12.5 Å². The van der Waals surface area contributed by atoms with Crippen molar-refractivity contribution in [3.63, 3.8) is 0 Å². The Morgan fingerprint density at radius 3 is 2.84 bits per heavy atom. The van der Waals surface area contributed by atoms with Crippen LogP contribution in [0.5, 0.6) is 0 Å². The normalized spacial score (nSPS) is 12.3. The number of anilines is 1. The van der Waals surface area contributed by atoms with E-state index in [9.17, 15) is 9.59 Å². The first kappa shape index (κ1) is 13.4. The number of thiazole rings is 1. The van der Waals surface area contributed by atoms with Gasteiger partial charge in [-0.15, -0.1) is 0 Å². The quantitative estimate of drug-likeness (QED) is 0.767. The number of benzene rings is 1. The molecule has 1 aromatic carbocycles. The van der Waals surface area contributed by atoms with E-state index in [1.165, 1.54) is 18.3 Å². The molecule has 2 rings (SSSR count). The number of hydrogen-bond acceptors (Lipinski definition) is 5. The van der Waals surface area contributed by atoms with Crippen LogP contribution in [0.4, 0.5) is 5.13 Å². The number of hydrogen-bond donors (Lipinski definition) is 3. The van der Waals surface area contributed by atoms with Crippen molar-refractivity contribution in [2.45, 2.75) is 13.0 Å². The molecule has 0 unspecified atom stereocenters. The zero-order valence-corrected chi connectivity index (χ0v) is 11.0. The van der Waals surface area contributed by atoms with E-state index in [4.69, 9.17) is 5.11 Å². The molecule has 1 atom stereocenters. The van der Waals surface area contributed by atoms with Crippen LogP contribution in [0.2, 0.25) is 0 Å². The van der Waals surface area contributed by atoms with Crippen molar-refractivity contribution in [3.05, 3.63) is 24.3 Å². The minimum Gasteiger partial charge on any atom is -0.480 e. The van der Waals surface area contributed by atoms with Crippen molar-refractivity contribution in [2.24, 2.45) is 0 Å². The Hall–Kier alpha value is -1.99. The first-order chi connectivity index (χ1) is 9.06. The van der Waals surface area contributed by atoms with E-state index >= 15 is 0 Å². The van der Waals surface area contributed by atoms with Gasteiger partial charge < -0.3 is 10.4 Å². The van der Waals surface area contributed by atoms with E-state index in [0.717, 1.165) is 10.2 Å². The Morgan fingerprint density at radius 2 is 2.16 bits per heavy atom. The lowest BCUT2D eigenvalue weighted by Crippen LogP contribution is -2.39. The third kappa shape index (κ3) is 3.49. The topological polar surface area (TPSA) is 91.3 Å². The molecule has 1 amide bonds. The maximum atomic E-state index is 11.6. The van der Waals surface area contributed by atoms with Gasteiger partial charge in [-0.2, -0.15) is 0 Å². The molecule has 1 aromatic heterocycles. The number of carbonyl (C=O) groups excluding carboxylic acids is 1. The Balaban J connectivity index is 1.93. The van der Waals surface area contributed by atoms with Crippen LogP contribution in [0.25, 0.3) is 10.2 Å². The zero-order valence-electron chi connectivity index (χ0n) is 10.2. The second-order valence-corrected chi connectivity index (χ2v) is 5.01. The Bertz CT molecular complexity index is 578. The summed E-state index contributed by atoms with van der Waals surface area (Å²) in [6.07, 6.45) is 0. The molecule has 0 spiro atoms. The zero-order chi connectivity index (χ0) is 13.8. The number of amides is 1. The number of carboxylic acid groups (broad SMARTS) is 1. The molecule has 7 heteroatoms. The fraction of sp³-hybridized carbons (Fsp3) is 0.250. The minimum atomic E-state index is -0.993. The monoisotopic (exact) mass is 279 g/mol. The lowest BCUT2D eigenvalue weighted by molar-refractivity contribution is -0.139. The van der Waals surface area contributed by atoms with Gasteiger partial charge in [-0.3, -0.25) is 14.9 Å². The van der Waals surface area contributed by atoms with Gasteiger partial charge in [0.15, 0.2) is 5.13 Å². The van der Waals surface area contributed by atoms with Crippen LogP contribution in [0, 0.1) is 0 Å². The van der Waals surface area contributed by atoms with E-state index < -0.39 is 12.0 Å². The first-order valence-electron chi connectivity index (χ1n) is 5.68. The van der Waals surface area contributed by atoms with Crippen molar-refractivity contribution in [3.8, 4) is 0 Å². The van der Waals surface area contributed by atoms with Crippen LogP contribution in [0.3, 0.4) is 0 Å². The van der Waals surface area contributed by atoms with Crippen LogP contribution in [0.1, 0.15) is 6.92 Å². The van der Waals surface area contributed by atoms with Crippen molar-refractivity contribution in [1.82, 2.24) is 10.3 Å². The lowest BCUT2D eigenvalue weighted by Gasteiger charge is -2.07. The fourth-order valence-electron chi connectivity index (χ4n) is 1.42. The number of carbonyl (C=O) groups is 2. The number of para-hydroxylation sites is 1. The number of aromatic nitrogens is 1. The standard InChI is InChI=1S/C12H13N3O3S/c1-7(11(17)18)13-6-10(16)15-12-14-8-4-2-3-5-9(8)19-12/h2-5,7,13H,6H2,1H3,(H,17,18)(H,14,15,16)/t7-/m1/s1. The smallest absolute Gasteiger partial charge is 0.320 e. The van der Waals surface area contributed by atoms with Gasteiger partial charge in [-0.25, -0.2) is 4.98 Å². The summed E-state index contributed by atoms with van der Waals surface area (Å²) in [5, 5.41) is 14.4. The predicted molar refractivity (Wildman–Crippen MR) is 73.4 cm³/mol. The largest absolute Gasteiger partial charge is 0.480 e. The van der Waals surface area contributed by atoms with Gasteiger partial charge in [0, 0.05) is 0 Å². The predicted octanol–water partition coefficient (Wildman–Crippen LogP) is 1.30. The molecule has 0 saturated heterocycles. The molecule has 0 aliphatic carbocycles. The highest BCUT2D eigenvalue weighted by atomic mass is 32.1. The summed E-state index contributed by atoms with van der Waals surface area (Å²) in [6, 6.07) is 6.81. The Morgan fingerprint density at radius 1 is 1.42 bits per heavy atom. The lowest BCUT2D eigenvalue weighted by atomic mass is 10.3. The third-order valence-electron chi connectivity index (χ3n) is 2.48. The molecule has 0 bridgehead atoms. The molecule has 1 heterocycles.